The summed E-state index contributed by atoms with van der Waals surface area (Å²) in [6, 6.07) is 22.0. The van der Waals surface area contributed by atoms with Crippen molar-refractivity contribution in [3.05, 3.63) is 94.9 Å². The van der Waals surface area contributed by atoms with E-state index in [2.05, 4.69) is 65.9 Å². The van der Waals surface area contributed by atoms with Gasteiger partial charge in [-0.1, -0.05) is 81.4 Å². The van der Waals surface area contributed by atoms with Crippen LogP contribution in [0.1, 0.15) is 80.6 Å². The number of anilines is 3. The Morgan fingerprint density at radius 1 is 0.980 bits per heavy atom. The van der Waals surface area contributed by atoms with Crippen molar-refractivity contribution in [2.75, 3.05) is 41.7 Å². The number of carbonyl (C=O) groups excluding carboxylic acids is 1. The number of nitrogens with one attached hydrogen (secondary N) is 3. The molecule has 0 bridgehead atoms. The molecule has 0 saturated carbocycles. The van der Waals surface area contributed by atoms with Gasteiger partial charge in [0.25, 0.3) is 0 Å². The Kier molecular flexibility index (Phi) is 11.4. The molecule has 6 rings (SSSR count). The van der Waals surface area contributed by atoms with E-state index in [4.69, 9.17) is 19.7 Å². The Morgan fingerprint density at radius 3 is 2.43 bits per heavy atom. The summed E-state index contributed by atoms with van der Waals surface area (Å²) >= 11 is 0. The van der Waals surface area contributed by atoms with Crippen LogP contribution < -0.4 is 20.9 Å². The van der Waals surface area contributed by atoms with Crippen molar-refractivity contribution in [2.24, 2.45) is 5.41 Å². The quantitative estimate of drug-likeness (QED) is 0.127. The van der Waals surface area contributed by atoms with Gasteiger partial charge in [-0.2, -0.15) is 0 Å². The van der Waals surface area contributed by atoms with Crippen LogP contribution in [0.4, 0.5) is 22.2 Å². The number of aromatic nitrogens is 3. The maximum Gasteiger partial charge on any atom is 0.407 e. The molecule has 2 aromatic carbocycles. The van der Waals surface area contributed by atoms with Crippen molar-refractivity contribution >= 4 is 23.5 Å². The number of rotatable bonds is 11. The monoisotopic (exact) mass is 691 g/mol. The lowest BCUT2D eigenvalue weighted by Gasteiger charge is -2.34. The van der Waals surface area contributed by atoms with E-state index in [0.29, 0.717) is 24.0 Å². The van der Waals surface area contributed by atoms with Crippen LogP contribution in [0.2, 0.25) is 0 Å². The van der Waals surface area contributed by atoms with Gasteiger partial charge >= 0.3 is 6.09 Å². The molecule has 2 atom stereocenters. The standard InChI is InChI=1S/C41H53N7O3/c1-27-37(44-28(2)45-39(27)48-22-19-32(20-23-48)34-18-17-33-12-9-21-42-38(33)46-34)43-25-35(36(49)24-41(3,4)5)47-40(50)51-26-29-13-15-31(16-14-29)30-10-7-6-8-11-30/h6-8,10-11,13-18,32,35-36,49H,9,12,19-26H2,1-5H3,(H,42,46)(H,47,50)(H,43,44,45)/t35-,36?/m0/s1. The molecular weight excluding hydrogens is 638 g/mol. The fraction of sp³-hybridized carbons (Fsp3) is 0.463. The number of aliphatic hydroxyl groups is 1. The van der Waals surface area contributed by atoms with Crippen LogP contribution in [0.3, 0.4) is 0 Å². The summed E-state index contributed by atoms with van der Waals surface area (Å²) in [5.74, 6) is 3.76. The van der Waals surface area contributed by atoms with Gasteiger partial charge in [0.15, 0.2) is 0 Å². The topological polar surface area (TPSA) is 125 Å². The molecule has 4 N–H and O–H groups in total. The molecule has 2 aromatic heterocycles. The number of alkyl carbamates (subject to hydrolysis) is 1. The van der Waals surface area contributed by atoms with Gasteiger partial charge in [0.2, 0.25) is 0 Å². The zero-order chi connectivity index (χ0) is 36.0. The normalized spacial score (nSPS) is 16.1. The minimum atomic E-state index is -0.802. The molecule has 0 spiro atoms. The van der Waals surface area contributed by atoms with Crippen LogP contribution in [0.5, 0.6) is 0 Å². The average molecular weight is 692 g/mol. The number of aryl methyl sites for hydroxylation is 2. The lowest BCUT2D eigenvalue weighted by atomic mass is 9.87. The number of aliphatic hydroxyl groups excluding tert-OH is 1. The molecule has 10 nitrogen and oxygen atoms in total. The second kappa shape index (κ2) is 16.1. The van der Waals surface area contributed by atoms with Crippen molar-refractivity contribution in [1.29, 1.82) is 0 Å². The van der Waals surface area contributed by atoms with Crippen LogP contribution in [0, 0.1) is 19.3 Å². The fourth-order valence-corrected chi connectivity index (χ4v) is 7.08. The zero-order valence-corrected chi connectivity index (χ0v) is 30.7. The van der Waals surface area contributed by atoms with Crippen LogP contribution in [0.25, 0.3) is 11.1 Å². The number of carbonyl (C=O) groups is 1. The summed E-state index contributed by atoms with van der Waals surface area (Å²) < 4.78 is 5.62. The van der Waals surface area contributed by atoms with E-state index in [-0.39, 0.29) is 18.6 Å². The molecule has 1 unspecified atom stereocenters. The molecule has 0 radical (unpaired) electrons. The van der Waals surface area contributed by atoms with Crippen molar-refractivity contribution in [3.8, 4) is 11.1 Å². The van der Waals surface area contributed by atoms with Crippen LogP contribution in [-0.2, 0) is 17.8 Å². The third-order valence-electron chi connectivity index (χ3n) is 9.87. The van der Waals surface area contributed by atoms with E-state index in [1.807, 2.05) is 56.3 Å². The highest BCUT2D eigenvalue weighted by molar-refractivity contribution is 5.68. The first kappa shape index (κ1) is 36.1. The molecule has 10 heteroatoms. The van der Waals surface area contributed by atoms with E-state index in [1.54, 1.807) is 0 Å². The predicted octanol–water partition coefficient (Wildman–Crippen LogP) is 7.40. The van der Waals surface area contributed by atoms with Crippen molar-refractivity contribution in [2.45, 2.75) is 91.4 Å². The third-order valence-corrected chi connectivity index (χ3v) is 9.87. The number of hydrogen-bond donors (Lipinski definition) is 4. The smallest absolute Gasteiger partial charge is 0.407 e. The lowest BCUT2D eigenvalue weighted by molar-refractivity contribution is 0.0771. The predicted molar refractivity (Wildman–Crippen MR) is 204 cm³/mol. The molecule has 270 valence electrons. The molecule has 0 aliphatic carbocycles. The second-order valence-electron chi connectivity index (χ2n) is 15.2. The summed E-state index contributed by atoms with van der Waals surface area (Å²) in [7, 11) is 0. The van der Waals surface area contributed by atoms with Gasteiger partial charge in [-0.15, -0.1) is 0 Å². The van der Waals surface area contributed by atoms with Gasteiger partial charge in [-0.05, 0) is 79.7 Å². The minimum Gasteiger partial charge on any atom is -0.445 e. The SMILES string of the molecule is Cc1nc(NC[C@H](NC(=O)OCc2ccc(-c3ccccc3)cc2)C(O)CC(C)(C)C)c(C)c(N2CCC(c3ccc4c(n3)NCCC4)CC2)n1. The highest BCUT2D eigenvalue weighted by Gasteiger charge is 2.29. The van der Waals surface area contributed by atoms with E-state index < -0.39 is 18.2 Å². The van der Waals surface area contributed by atoms with E-state index in [0.717, 1.165) is 79.2 Å². The van der Waals surface area contributed by atoms with Crippen LogP contribution in [-0.4, -0.2) is 64.5 Å². The highest BCUT2D eigenvalue weighted by atomic mass is 16.5. The van der Waals surface area contributed by atoms with Gasteiger partial charge in [0.1, 0.15) is 29.9 Å². The van der Waals surface area contributed by atoms with Gasteiger partial charge < -0.3 is 30.7 Å². The summed E-state index contributed by atoms with van der Waals surface area (Å²) in [6.45, 7) is 13.3. The van der Waals surface area contributed by atoms with Crippen molar-refractivity contribution in [3.63, 3.8) is 0 Å². The number of piperidine rings is 1. The summed E-state index contributed by atoms with van der Waals surface area (Å²) in [6.07, 6.45) is 3.38. The van der Waals surface area contributed by atoms with Crippen LogP contribution >= 0.6 is 0 Å². The first-order chi connectivity index (χ1) is 24.5. The van der Waals surface area contributed by atoms with Crippen LogP contribution in [0.15, 0.2) is 66.7 Å². The number of nitrogens with zero attached hydrogens (tertiary/aromatic N) is 4. The first-order valence-corrected chi connectivity index (χ1v) is 18.4. The van der Waals surface area contributed by atoms with E-state index in [9.17, 15) is 9.90 Å². The number of fused-ring (bicyclic) bond motifs is 1. The first-order valence-electron chi connectivity index (χ1n) is 18.4. The van der Waals surface area contributed by atoms with Gasteiger partial charge in [-0.3, -0.25) is 0 Å². The number of pyridine rings is 1. The number of benzene rings is 2. The van der Waals surface area contributed by atoms with E-state index >= 15 is 0 Å². The second-order valence-corrected chi connectivity index (χ2v) is 15.2. The Bertz CT molecular complexity index is 1770. The molecule has 4 heterocycles. The average Bonchev–Trinajstić information content (AvgIpc) is 3.13. The Hall–Kier alpha value is -4.70. The molecule has 2 aliphatic rings. The van der Waals surface area contributed by atoms with Gasteiger partial charge in [0.05, 0.1) is 12.1 Å². The maximum absolute atomic E-state index is 13.1. The highest BCUT2D eigenvalue weighted by Crippen LogP contribution is 2.33. The summed E-state index contributed by atoms with van der Waals surface area (Å²) in [4.78, 5) is 30.0. The van der Waals surface area contributed by atoms with Gasteiger partial charge in [0, 0.05) is 43.4 Å². The number of hydrogen-bond acceptors (Lipinski definition) is 9. The summed E-state index contributed by atoms with van der Waals surface area (Å²) in [5, 5.41) is 21.1. The Balaban J connectivity index is 1.08. The molecule has 2 aliphatic heterocycles. The van der Waals surface area contributed by atoms with Crippen molar-refractivity contribution in [1.82, 2.24) is 20.3 Å². The Morgan fingerprint density at radius 2 is 1.71 bits per heavy atom. The maximum atomic E-state index is 13.1. The van der Waals surface area contributed by atoms with E-state index in [1.165, 1.54) is 11.3 Å². The molecule has 51 heavy (non-hydrogen) atoms. The fourth-order valence-electron chi connectivity index (χ4n) is 7.08. The molecule has 4 aromatic rings. The largest absolute Gasteiger partial charge is 0.445 e. The zero-order valence-electron chi connectivity index (χ0n) is 30.7. The molecular formula is C41H53N7O3. The number of ether oxygens (including phenoxy) is 1. The Labute approximate surface area is 302 Å². The number of amides is 1. The third kappa shape index (κ3) is 9.55. The van der Waals surface area contributed by atoms with Crippen molar-refractivity contribution < 1.29 is 14.6 Å². The molecule has 1 saturated heterocycles. The lowest BCUT2D eigenvalue weighted by Crippen LogP contribution is -2.49. The van der Waals surface area contributed by atoms with Gasteiger partial charge in [-0.25, -0.2) is 19.7 Å². The summed E-state index contributed by atoms with van der Waals surface area (Å²) in [5.41, 5.74) is 6.41. The minimum absolute atomic E-state index is 0.125. The molecule has 1 fully saturated rings. The molecule has 1 amide bonds.